The maximum absolute atomic E-state index is 6.06. The summed E-state index contributed by atoms with van der Waals surface area (Å²) in [6.45, 7) is 4.10. The Hall–Kier alpha value is -0.0900. The van der Waals surface area contributed by atoms with Gasteiger partial charge in [0.15, 0.2) is 0 Å². The number of hydrogen-bond donors (Lipinski definition) is 1. The second-order valence-electron chi connectivity index (χ2n) is 5.35. The third-order valence-corrected chi connectivity index (χ3v) is 4.97. The van der Waals surface area contributed by atoms with E-state index in [4.69, 9.17) is 17.3 Å². The molecule has 106 valence electrons. The molecule has 0 radical (unpaired) electrons. The van der Waals surface area contributed by atoms with E-state index < -0.39 is 0 Å². The Morgan fingerprint density at radius 3 is 2.89 bits per heavy atom. The van der Waals surface area contributed by atoms with E-state index in [1.807, 2.05) is 12.1 Å². The summed E-state index contributed by atoms with van der Waals surface area (Å²) < 4.78 is 1.06. The SMILES string of the molecule is CC1CCCCCN1C(CN)c1ccc(Cl)cc1Br. The summed E-state index contributed by atoms with van der Waals surface area (Å²) in [7, 11) is 0. The Labute approximate surface area is 129 Å². The van der Waals surface area contributed by atoms with Crippen LogP contribution in [0.25, 0.3) is 0 Å². The largest absolute Gasteiger partial charge is 0.329 e. The number of rotatable bonds is 3. The summed E-state index contributed by atoms with van der Waals surface area (Å²) in [6.07, 6.45) is 5.20. The molecule has 19 heavy (non-hydrogen) atoms. The number of nitrogens with two attached hydrogens (primary N) is 1. The van der Waals surface area contributed by atoms with Gasteiger partial charge in [-0.2, -0.15) is 0 Å². The van der Waals surface area contributed by atoms with Crippen LogP contribution < -0.4 is 5.73 Å². The molecule has 2 unspecified atom stereocenters. The van der Waals surface area contributed by atoms with Crippen LogP contribution in [0.4, 0.5) is 0 Å². The van der Waals surface area contributed by atoms with Crippen molar-refractivity contribution >= 4 is 27.5 Å². The Morgan fingerprint density at radius 1 is 1.42 bits per heavy atom. The second-order valence-corrected chi connectivity index (χ2v) is 6.64. The van der Waals surface area contributed by atoms with Crippen LogP contribution in [0.3, 0.4) is 0 Å². The van der Waals surface area contributed by atoms with Gasteiger partial charge in [0, 0.05) is 28.1 Å². The maximum atomic E-state index is 6.06. The summed E-state index contributed by atoms with van der Waals surface area (Å²) in [6, 6.07) is 6.88. The Balaban J connectivity index is 2.27. The Kier molecular flexibility index (Phi) is 5.70. The van der Waals surface area contributed by atoms with Gasteiger partial charge in [0.05, 0.1) is 0 Å². The summed E-state index contributed by atoms with van der Waals surface area (Å²) in [5.41, 5.74) is 7.31. The second kappa shape index (κ2) is 7.07. The zero-order valence-electron chi connectivity index (χ0n) is 11.4. The standard InChI is InChI=1S/C15H22BrClN2/c1-11-5-3-2-4-8-19(11)15(10-18)13-7-6-12(17)9-14(13)16/h6-7,9,11,15H,2-5,8,10,18H2,1H3. The van der Waals surface area contributed by atoms with Crippen LogP contribution in [0.5, 0.6) is 0 Å². The van der Waals surface area contributed by atoms with Crippen molar-refractivity contribution in [1.82, 2.24) is 4.90 Å². The zero-order valence-corrected chi connectivity index (χ0v) is 13.8. The first kappa shape index (κ1) is 15.3. The van der Waals surface area contributed by atoms with E-state index >= 15 is 0 Å². The predicted octanol–water partition coefficient (Wildman–Crippen LogP) is 4.37. The highest BCUT2D eigenvalue weighted by Crippen LogP contribution is 2.32. The minimum atomic E-state index is 0.278. The summed E-state index contributed by atoms with van der Waals surface area (Å²) in [4.78, 5) is 2.56. The number of likely N-dealkylation sites (tertiary alicyclic amines) is 1. The van der Waals surface area contributed by atoms with Gasteiger partial charge >= 0.3 is 0 Å². The smallest absolute Gasteiger partial charge is 0.0484 e. The molecule has 4 heteroatoms. The van der Waals surface area contributed by atoms with Crippen molar-refractivity contribution in [3.63, 3.8) is 0 Å². The number of benzene rings is 1. The predicted molar refractivity (Wildman–Crippen MR) is 85.6 cm³/mol. The van der Waals surface area contributed by atoms with Crippen LogP contribution in [0.2, 0.25) is 5.02 Å². The van der Waals surface area contributed by atoms with Crippen LogP contribution in [-0.4, -0.2) is 24.0 Å². The zero-order chi connectivity index (χ0) is 13.8. The fourth-order valence-electron chi connectivity index (χ4n) is 2.97. The highest BCUT2D eigenvalue weighted by molar-refractivity contribution is 9.10. The van der Waals surface area contributed by atoms with Crippen molar-refractivity contribution < 1.29 is 0 Å². The molecular weight excluding hydrogens is 324 g/mol. The first-order valence-electron chi connectivity index (χ1n) is 7.04. The highest BCUT2D eigenvalue weighted by Gasteiger charge is 2.26. The average Bonchev–Trinajstić information content (AvgIpc) is 2.58. The molecular formula is C15H22BrClN2. The van der Waals surface area contributed by atoms with Crippen LogP contribution in [0.15, 0.2) is 22.7 Å². The van der Waals surface area contributed by atoms with E-state index in [9.17, 15) is 0 Å². The number of hydrogen-bond acceptors (Lipinski definition) is 2. The van der Waals surface area contributed by atoms with Gasteiger partial charge in [-0.3, -0.25) is 4.90 Å². The highest BCUT2D eigenvalue weighted by atomic mass is 79.9. The van der Waals surface area contributed by atoms with Crippen molar-refractivity contribution in [1.29, 1.82) is 0 Å². The average molecular weight is 346 g/mol. The van der Waals surface area contributed by atoms with Gasteiger partial charge in [-0.05, 0) is 44.0 Å². The molecule has 1 aromatic rings. The molecule has 1 aliphatic rings. The van der Waals surface area contributed by atoms with Gasteiger partial charge in [0.2, 0.25) is 0 Å². The van der Waals surface area contributed by atoms with Crippen molar-refractivity contribution in [2.75, 3.05) is 13.1 Å². The molecule has 0 spiro atoms. The molecule has 2 atom stereocenters. The maximum Gasteiger partial charge on any atom is 0.0484 e. The van der Waals surface area contributed by atoms with Crippen molar-refractivity contribution in [3.05, 3.63) is 33.3 Å². The van der Waals surface area contributed by atoms with E-state index in [0.29, 0.717) is 12.6 Å². The van der Waals surface area contributed by atoms with Crippen molar-refractivity contribution in [3.8, 4) is 0 Å². The molecule has 1 saturated heterocycles. The van der Waals surface area contributed by atoms with E-state index in [2.05, 4.69) is 33.8 Å². The molecule has 2 nitrogen and oxygen atoms in total. The summed E-state index contributed by atoms with van der Waals surface area (Å²) in [5, 5.41) is 0.760. The van der Waals surface area contributed by atoms with Crippen molar-refractivity contribution in [2.45, 2.75) is 44.7 Å². The monoisotopic (exact) mass is 344 g/mol. The lowest BCUT2D eigenvalue weighted by Crippen LogP contribution is -2.39. The molecule has 0 aromatic heterocycles. The molecule has 0 bridgehead atoms. The summed E-state index contributed by atoms with van der Waals surface area (Å²) >= 11 is 9.66. The first-order chi connectivity index (χ1) is 9.13. The number of nitrogens with zero attached hydrogens (tertiary/aromatic N) is 1. The molecule has 1 aromatic carbocycles. The molecule has 2 rings (SSSR count). The summed E-state index contributed by atoms with van der Waals surface area (Å²) in [5.74, 6) is 0. The molecule has 2 N–H and O–H groups in total. The molecule has 1 fully saturated rings. The molecule has 1 heterocycles. The fraction of sp³-hybridized carbons (Fsp3) is 0.600. The Bertz CT molecular complexity index is 425. The van der Waals surface area contributed by atoms with Gasteiger partial charge in [0.1, 0.15) is 0 Å². The minimum Gasteiger partial charge on any atom is -0.329 e. The van der Waals surface area contributed by atoms with Crippen LogP contribution in [0, 0.1) is 0 Å². The van der Waals surface area contributed by atoms with E-state index in [-0.39, 0.29) is 6.04 Å². The van der Waals surface area contributed by atoms with Crippen LogP contribution >= 0.6 is 27.5 Å². The van der Waals surface area contributed by atoms with Gasteiger partial charge in [0.25, 0.3) is 0 Å². The lowest BCUT2D eigenvalue weighted by atomic mass is 10.0. The first-order valence-corrected chi connectivity index (χ1v) is 8.21. The van der Waals surface area contributed by atoms with Crippen molar-refractivity contribution in [2.24, 2.45) is 5.73 Å². The lowest BCUT2D eigenvalue weighted by Gasteiger charge is -2.35. The number of halogens is 2. The molecule has 0 aliphatic carbocycles. The van der Waals surface area contributed by atoms with Gasteiger partial charge < -0.3 is 5.73 Å². The Morgan fingerprint density at radius 2 is 2.21 bits per heavy atom. The third kappa shape index (κ3) is 3.72. The quantitative estimate of drug-likeness (QED) is 0.881. The van der Waals surface area contributed by atoms with E-state index in [0.717, 1.165) is 16.0 Å². The van der Waals surface area contributed by atoms with Crippen LogP contribution in [-0.2, 0) is 0 Å². The lowest BCUT2D eigenvalue weighted by molar-refractivity contribution is 0.150. The molecule has 0 amide bonds. The van der Waals surface area contributed by atoms with Gasteiger partial charge in [-0.15, -0.1) is 0 Å². The normalized spacial score (nSPS) is 23.1. The third-order valence-electron chi connectivity index (χ3n) is 4.05. The van der Waals surface area contributed by atoms with E-state index in [1.165, 1.54) is 31.2 Å². The topological polar surface area (TPSA) is 29.3 Å². The minimum absolute atomic E-state index is 0.278. The van der Waals surface area contributed by atoms with Gasteiger partial charge in [-0.25, -0.2) is 0 Å². The fourth-order valence-corrected chi connectivity index (χ4v) is 3.92. The van der Waals surface area contributed by atoms with Gasteiger partial charge in [-0.1, -0.05) is 46.4 Å². The molecule has 1 aliphatic heterocycles. The molecule has 0 saturated carbocycles. The van der Waals surface area contributed by atoms with E-state index in [1.54, 1.807) is 0 Å². The van der Waals surface area contributed by atoms with Crippen LogP contribution in [0.1, 0.15) is 44.2 Å².